The molecule has 2 aliphatic rings. The Kier molecular flexibility index (Phi) is 4.23. The average Bonchev–Trinajstić information content (AvgIpc) is 2.64. The van der Waals surface area contributed by atoms with Crippen molar-refractivity contribution >= 4 is 0 Å². The van der Waals surface area contributed by atoms with Crippen molar-refractivity contribution in [2.75, 3.05) is 19.7 Å². The normalized spacial score (nSPS) is 39.4. The summed E-state index contributed by atoms with van der Waals surface area (Å²) in [6.45, 7) is 6.43. The molecule has 1 saturated heterocycles. The van der Waals surface area contributed by atoms with Gasteiger partial charge in [0.15, 0.2) is 0 Å². The number of aliphatic hydroxyl groups excluding tert-OH is 2. The number of nitrogens with zero attached hydrogens (tertiary/aromatic N) is 1. The van der Waals surface area contributed by atoms with Gasteiger partial charge in [-0.25, -0.2) is 0 Å². The first-order valence-corrected chi connectivity index (χ1v) is 6.81. The molecule has 0 amide bonds. The highest BCUT2D eigenvalue weighted by Gasteiger charge is 2.33. The van der Waals surface area contributed by atoms with E-state index < -0.39 is 0 Å². The van der Waals surface area contributed by atoms with Gasteiger partial charge in [0, 0.05) is 19.1 Å². The highest BCUT2D eigenvalue weighted by atomic mass is 16.3. The highest BCUT2D eigenvalue weighted by Crippen LogP contribution is 2.32. The van der Waals surface area contributed by atoms with E-state index in [4.69, 9.17) is 0 Å². The highest BCUT2D eigenvalue weighted by molar-refractivity contribution is 5.10. The van der Waals surface area contributed by atoms with E-state index >= 15 is 0 Å². The van der Waals surface area contributed by atoms with Crippen molar-refractivity contribution < 1.29 is 10.2 Å². The SMILES string of the molecule is CC1=CCC[C@H](C)[C@H]1CN1C[C@@H](O)C[C@H]1CO. The maximum absolute atomic E-state index is 9.70. The third kappa shape index (κ3) is 2.90. The monoisotopic (exact) mass is 239 g/mol. The predicted octanol–water partition coefficient (Wildman–Crippen LogP) is 1.41. The van der Waals surface area contributed by atoms with Gasteiger partial charge in [0.25, 0.3) is 0 Å². The fourth-order valence-corrected chi connectivity index (χ4v) is 3.32. The summed E-state index contributed by atoms with van der Waals surface area (Å²) >= 11 is 0. The minimum Gasteiger partial charge on any atom is -0.395 e. The summed E-state index contributed by atoms with van der Waals surface area (Å²) in [6.07, 6.45) is 5.29. The van der Waals surface area contributed by atoms with Crippen LogP contribution >= 0.6 is 0 Å². The third-order valence-electron chi connectivity index (χ3n) is 4.51. The fraction of sp³-hybridized carbons (Fsp3) is 0.857. The van der Waals surface area contributed by atoms with Gasteiger partial charge in [0.05, 0.1) is 12.7 Å². The molecule has 3 nitrogen and oxygen atoms in total. The molecule has 2 rings (SSSR count). The third-order valence-corrected chi connectivity index (χ3v) is 4.51. The number of aliphatic hydroxyl groups is 2. The Hall–Kier alpha value is -0.380. The number of β-amino-alcohol motifs (C(OH)–C–C–N with tert-alkyl or cyclic N) is 1. The largest absolute Gasteiger partial charge is 0.395 e. The van der Waals surface area contributed by atoms with Crippen LogP contribution in [0.2, 0.25) is 0 Å². The molecular formula is C14H25NO2. The smallest absolute Gasteiger partial charge is 0.0683 e. The van der Waals surface area contributed by atoms with Crippen LogP contribution in [0.3, 0.4) is 0 Å². The van der Waals surface area contributed by atoms with Gasteiger partial charge in [-0.2, -0.15) is 0 Å². The van der Waals surface area contributed by atoms with Gasteiger partial charge in [-0.05, 0) is 38.0 Å². The van der Waals surface area contributed by atoms with Crippen LogP contribution in [0.4, 0.5) is 0 Å². The maximum atomic E-state index is 9.70. The number of likely N-dealkylation sites (tertiary alicyclic amines) is 1. The Morgan fingerprint density at radius 3 is 2.88 bits per heavy atom. The standard InChI is InChI=1S/C14H25NO2/c1-10-4-3-5-11(2)14(10)8-15-7-13(17)6-12(15)9-16/h4,11-14,16-17H,3,5-9H2,1-2H3/t11-,12-,13-,14-/m0/s1. The molecule has 0 radical (unpaired) electrons. The Balaban J connectivity index is 1.99. The van der Waals surface area contributed by atoms with Crippen LogP contribution in [-0.2, 0) is 0 Å². The van der Waals surface area contributed by atoms with E-state index in [1.165, 1.54) is 18.4 Å². The van der Waals surface area contributed by atoms with Crippen molar-refractivity contribution in [3.05, 3.63) is 11.6 Å². The van der Waals surface area contributed by atoms with E-state index in [1.807, 2.05) is 0 Å². The molecule has 1 heterocycles. The van der Waals surface area contributed by atoms with Gasteiger partial charge in [-0.1, -0.05) is 18.6 Å². The molecule has 4 atom stereocenters. The molecule has 1 fully saturated rings. The van der Waals surface area contributed by atoms with Gasteiger partial charge in [0.2, 0.25) is 0 Å². The van der Waals surface area contributed by atoms with Gasteiger partial charge >= 0.3 is 0 Å². The zero-order chi connectivity index (χ0) is 12.4. The first-order chi connectivity index (χ1) is 8.11. The van der Waals surface area contributed by atoms with Crippen molar-refractivity contribution in [3.8, 4) is 0 Å². The van der Waals surface area contributed by atoms with Gasteiger partial charge in [-0.15, -0.1) is 0 Å². The lowest BCUT2D eigenvalue weighted by Crippen LogP contribution is -2.39. The first kappa shape index (κ1) is 13.1. The van der Waals surface area contributed by atoms with Crippen LogP contribution < -0.4 is 0 Å². The predicted molar refractivity (Wildman–Crippen MR) is 68.7 cm³/mol. The van der Waals surface area contributed by atoms with Gasteiger partial charge in [-0.3, -0.25) is 4.90 Å². The summed E-state index contributed by atoms with van der Waals surface area (Å²) in [5.41, 5.74) is 1.49. The molecule has 0 aromatic carbocycles. The number of hydrogen-bond acceptors (Lipinski definition) is 3. The molecular weight excluding hydrogens is 214 g/mol. The topological polar surface area (TPSA) is 43.7 Å². The van der Waals surface area contributed by atoms with Crippen LogP contribution in [0.25, 0.3) is 0 Å². The summed E-state index contributed by atoms with van der Waals surface area (Å²) < 4.78 is 0. The summed E-state index contributed by atoms with van der Waals surface area (Å²) in [4.78, 5) is 2.27. The van der Waals surface area contributed by atoms with Crippen LogP contribution in [0.15, 0.2) is 11.6 Å². The molecule has 1 aliphatic heterocycles. The molecule has 17 heavy (non-hydrogen) atoms. The minimum atomic E-state index is -0.254. The Morgan fingerprint density at radius 2 is 2.24 bits per heavy atom. The van der Waals surface area contributed by atoms with Crippen molar-refractivity contribution in [1.82, 2.24) is 4.90 Å². The fourth-order valence-electron chi connectivity index (χ4n) is 3.32. The van der Waals surface area contributed by atoms with E-state index in [0.717, 1.165) is 25.4 Å². The van der Waals surface area contributed by atoms with Gasteiger partial charge in [0.1, 0.15) is 0 Å². The zero-order valence-corrected chi connectivity index (χ0v) is 11.0. The summed E-state index contributed by atoms with van der Waals surface area (Å²) in [7, 11) is 0. The quantitative estimate of drug-likeness (QED) is 0.732. The lowest BCUT2D eigenvalue weighted by molar-refractivity contribution is 0.130. The molecule has 0 spiro atoms. The maximum Gasteiger partial charge on any atom is 0.0683 e. The average molecular weight is 239 g/mol. The lowest BCUT2D eigenvalue weighted by atomic mass is 9.80. The summed E-state index contributed by atoms with van der Waals surface area (Å²) in [6, 6.07) is 0.159. The van der Waals surface area contributed by atoms with Crippen molar-refractivity contribution in [3.63, 3.8) is 0 Å². The molecule has 98 valence electrons. The molecule has 0 saturated carbocycles. The zero-order valence-electron chi connectivity index (χ0n) is 11.0. The van der Waals surface area contributed by atoms with E-state index in [9.17, 15) is 10.2 Å². The van der Waals surface area contributed by atoms with Crippen molar-refractivity contribution in [1.29, 1.82) is 0 Å². The molecule has 0 aromatic heterocycles. The second-order valence-electron chi connectivity index (χ2n) is 5.79. The van der Waals surface area contributed by atoms with E-state index in [-0.39, 0.29) is 18.8 Å². The Morgan fingerprint density at radius 1 is 1.47 bits per heavy atom. The van der Waals surface area contributed by atoms with Crippen molar-refractivity contribution in [2.24, 2.45) is 11.8 Å². The van der Waals surface area contributed by atoms with Crippen molar-refractivity contribution in [2.45, 2.75) is 45.3 Å². The second kappa shape index (κ2) is 5.51. The number of rotatable bonds is 3. The van der Waals surface area contributed by atoms with Gasteiger partial charge < -0.3 is 10.2 Å². The number of allylic oxidation sites excluding steroid dienone is 1. The van der Waals surface area contributed by atoms with E-state index in [2.05, 4.69) is 24.8 Å². The molecule has 3 heteroatoms. The van der Waals surface area contributed by atoms with Crippen LogP contribution in [-0.4, -0.2) is 47.0 Å². The molecule has 1 aliphatic carbocycles. The molecule has 0 bridgehead atoms. The van der Waals surface area contributed by atoms with Crippen LogP contribution in [0.1, 0.15) is 33.1 Å². The molecule has 2 N–H and O–H groups in total. The number of hydrogen-bond donors (Lipinski definition) is 2. The minimum absolute atomic E-state index is 0.159. The van der Waals surface area contributed by atoms with E-state index in [0.29, 0.717) is 5.92 Å². The summed E-state index contributed by atoms with van der Waals surface area (Å²) in [5, 5.41) is 19.0. The lowest BCUT2D eigenvalue weighted by Gasteiger charge is -2.34. The Bertz CT molecular complexity index is 290. The summed E-state index contributed by atoms with van der Waals surface area (Å²) in [5.74, 6) is 1.32. The van der Waals surface area contributed by atoms with Crippen LogP contribution in [0.5, 0.6) is 0 Å². The molecule has 0 aromatic rings. The molecule has 0 unspecified atom stereocenters. The first-order valence-electron chi connectivity index (χ1n) is 6.81. The Labute approximate surface area is 104 Å². The van der Waals surface area contributed by atoms with Crippen LogP contribution in [0, 0.1) is 11.8 Å². The van der Waals surface area contributed by atoms with E-state index in [1.54, 1.807) is 0 Å². The second-order valence-corrected chi connectivity index (χ2v) is 5.79.